The second-order valence-corrected chi connectivity index (χ2v) is 3.43. The second-order valence-electron chi connectivity index (χ2n) is 3.43. The maximum Gasteiger partial charge on any atom is 0.332 e. The Morgan fingerprint density at radius 1 is 1.54 bits per heavy atom. The lowest BCUT2D eigenvalue weighted by Gasteiger charge is -2.15. The van der Waals surface area contributed by atoms with Gasteiger partial charge in [0.15, 0.2) is 5.41 Å². The van der Waals surface area contributed by atoms with Crippen LogP contribution in [0.1, 0.15) is 19.3 Å². The van der Waals surface area contributed by atoms with Crippen LogP contribution in [0, 0.1) is 11.3 Å². The number of esters is 2. The highest BCUT2D eigenvalue weighted by molar-refractivity contribution is 6.11. The molecule has 5 nitrogen and oxygen atoms in total. The van der Waals surface area contributed by atoms with Crippen molar-refractivity contribution in [2.45, 2.75) is 19.3 Å². The molecule has 0 aromatic rings. The van der Waals surface area contributed by atoms with Crippen LogP contribution in [0.3, 0.4) is 0 Å². The zero-order chi connectivity index (χ0) is 9.64. The molecule has 0 bridgehead atoms. The van der Waals surface area contributed by atoms with Crippen molar-refractivity contribution >= 4 is 17.9 Å². The van der Waals surface area contributed by atoms with Crippen LogP contribution in [0.25, 0.3) is 0 Å². The van der Waals surface area contributed by atoms with E-state index >= 15 is 0 Å². The molecule has 70 valence electrons. The normalized spacial score (nSPS) is 37.4. The standard InChI is InChI=1S/C8H8O5/c9-5-4-2-1-3-8(4,6(10)11)7(12)13-5/h4H,1-3H2,(H,10,11)/t4-,8-/m1/s1. The van der Waals surface area contributed by atoms with Crippen LogP contribution in [-0.2, 0) is 19.1 Å². The predicted molar refractivity (Wildman–Crippen MR) is 38.5 cm³/mol. The van der Waals surface area contributed by atoms with E-state index in [0.717, 1.165) is 0 Å². The van der Waals surface area contributed by atoms with Crippen LogP contribution in [0.5, 0.6) is 0 Å². The zero-order valence-electron chi connectivity index (χ0n) is 6.78. The fourth-order valence-electron chi connectivity index (χ4n) is 2.17. The van der Waals surface area contributed by atoms with E-state index in [2.05, 4.69) is 4.74 Å². The number of carbonyl (C=O) groups excluding carboxylic acids is 2. The Hall–Kier alpha value is -1.39. The molecule has 0 unspecified atom stereocenters. The third-order valence-electron chi connectivity index (χ3n) is 2.88. The molecular weight excluding hydrogens is 176 g/mol. The van der Waals surface area contributed by atoms with Crippen molar-refractivity contribution in [1.29, 1.82) is 0 Å². The van der Waals surface area contributed by atoms with Gasteiger partial charge >= 0.3 is 17.9 Å². The van der Waals surface area contributed by atoms with Gasteiger partial charge in [-0.2, -0.15) is 0 Å². The van der Waals surface area contributed by atoms with Gasteiger partial charge in [-0.3, -0.25) is 14.4 Å². The maximum absolute atomic E-state index is 11.2. The quantitative estimate of drug-likeness (QED) is 0.456. The first kappa shape index (κ1) is 8.22. The second kappa shape index (κ2) is 2.31. The molecule has 2 atom stereocenters. The number of hydrogen-bond acceptors (Lipinski definition) is 4. The van der Waals surface area contributed by atoms with Gasteiger partial charge in [0.05, 0.1) is 5.92 Å². The van der Waals surface area contributed by atoms with E-state index in [0.29, 0.717) is 12.8 Å². The molecule has 2 rings (SSSR count). The summed E-state index contributed by atoms with van der Waals surface area (Å²) in [6.07, 6.45) is 1.26. The first-order valence-corrected chi connectivity index (χ1v) is 4.08. The van der Waals surface area contributed by atoms with E-state index in [-0.39, 0.29) is 6.42 Å². The van der Waals surface area contributed by atoms with Crippen LogP contribution in [0.2, 0.25) is 0 Å². The smallest absolute Gasteiger partial charge is 0.332 e. The third-order valence-corrected chi connectivity index (χ3v) is 2.88. The Kier molecular flexibility index (Phi) is 1.46. The maximum atomic E-state index is 11.2. The van der Waals surface area contributed by atoms with Crippen LogP contribution >= 0.6 is 0 Å². The molecule has 0 amide bonds. The minimum atomic E-state index is -1.56. The van der Waals surface area contributed by atoms with Gasteiger partial charge in [0.2, 0.25) is 0 Å². The summed E-state index contributed by atoms with van der Waals surface area (Å²) in [5, 5.41) is 8.91. The Labute approximate surface area is 73.7 Å². The molecule has 0 aromatic heterocycles. The summed E-state index contributed by atoms with van der Waals surface area (Å²) in [6.45, 7) is 0. The highest BCUT2D eigenvalue weighted by atomic mass is 16.6. The number of aliphatic carboxylic acids is 1. The van der Waals surface area contributed by atoms with Crippen molar-refractivity contribution < 1.29 is 24.2 Å². The van der Waals surface area contributed by atoms with Crippen LogP contribution < -0.4 is 0 Å². The monoisotopic (exact) mass is 184 g/mol. The molecule has 2 fully saturated rings. The fraction of sp³-hybridized carbons (Fsp3) is 0.625. The summed E-state index contributed by atoms with van der Waals surface area (Å²) >= 11 is 0. The summed E-state index contributed by atoms with van der Waals surface area (Å²) in [4.78, 5) is 33.2. The zero-order valence-corrected chi connectivity index (χ0v) is 6.78. The van der Waals surface area contributed by atoms with Gasteiger partial charge in [-0.1, -0.05) is 6.42 Å². The SMILES string of the molecule is O=C1OC(=O)[C@]2(C(=O)O)CCC[C@H]12. The first-order valence-electron chi connectivity index (χ1n) is 4.08. The van der Waals surface area contributed by atoms with E-state index in [1.165, 1.54) is 0 Å². The molecule has 1 aliphatic carbocycles. The van der Waals surface area contributed by atoms with Crippen molar-refractivity contribution in [2.24, 2.45) is 11.3 Å². The first-order chi connectivity index (χ1) is 6.09. The molecule has 1 heterocycles. The number of rotatable bonds is 1. The number of ether oxygens (including phenoxy) is 1. The number of hydrogen-bond donors (Lipinski definition) is 1. The number of fused-ring (bicyclic) bond motifs is 1. The minimum Gasteiger partial charge on any atom is -0.480 e. The Morgan fingerprint density at radius 3 is 2.77 bits per heavy atom. The largest absolute Gasteiger partial charge is 0.480 e. The number of cyclic esters (lactones) is 2. The summed E-state index contributed by atoms with van der Waals surface area (Å²) in [5.41, 5.74) is -1.56. The van der Waals surface area contributed by atoms with Crippen molar-refractivity contribution in [3.63, 3.8) is 0 Å². The van der Waals surface area contributed by atoms with Crippen molar-refractivity contribution in [2.75, 3.05) is 0 Å². The minimum absolute atomic E-state index is 0.220. The van der Waals surface area contributed by atoms with Gasteiger partial charge in [0.1, 0.15) is 0 Å². The van der Waals surface area contributed by atoms with Gasteiger partial charge in [-0.05, 0) is 12.8 Å². The van der Waals surface area contributed by atoms with E-state index in [4.69, 9.17) is 5.11 Å². The predicted octanol–water partition coefficient (Wildman–Crippen LogP) is -0.0591. The summed E-state index contributed by atoms with van der Waals surface area (Å²) in [6, 6.07) is 0. The average molecular weight is 184 g/mol. The van der Waals surface area contributed by atoms with Crippen LogP contribution in [-0.4, -0.2) is 23.0 Å². The molecule has 1 saturated heterocycles. The third kappa shape index (κ3) is 0.787. The van der Waals surface area contributed by atoms with E-state index in [9.17, 15) is 14.4 Å². The molecule has 0 aromatic carbocycles. The highest BCUT2D eigenvalue weighted by Crippen LogP contribution is 2.49. The Morgan fingerprint density at radius 2 is 2.23 bits per heavy atom. The van der Waals surface area contributed by atoms with Gasteiger partial charge in [-0.15, -0.1) is 0 Å². The summed E-state index contributed by atoms with van der Waals surface area (Å²) in [5.74, 6) is -3.54. The number of carboxylic acid groups (broad SMARTS) is 1. The molecule has 13 heavy (non-hydrogen) atoms. The number of carbonyl (C=O) groups is 3. The van der Waals surface area contributed by atoms with E-state index in [1.54, 1.807) is 0 Å². The summed E-state index contributed by atoms with van der Waals surface area (Å²) in [7, 11) is 0. The summed E-state index contributed by atoms with van der Waals surface area (Å²) < 4.78 is 4.33. The van der Waals surface area contributed by atoms with Gasteiger partial charge in [0, 0.05) is 0 Å². The highest BCUT2D eigenvalue weighted by Gasteiger charge is 2.65. The molecular formula is C8H8O5. The molecule has 1 N–H and O–H groups in total. The number of carboxylic acids is 1. The van der Waals surface area contributed by atoms with Crippen LogP contribution in [0.15, 0.2) is 0 Å². The Bertz CT molecular complexity index is 308. The molecule has 2 aliphatic rings. The van der Waals surface area contributed by atoms with Crippen molar-refractivity contribution in [1.82, 2.24) is 0 Å². The van der Waals surface area contributed by atoms with Gasteiger partial charge in [0.25, 0.3) is 0 Å². The lowest BCUT2D eigenvalue weighted by atomic mass is 9.80. The lowest BCUT2D eigenvalue weighted by molar-refractivity contribution is -0.162. The molecule has 5 heteroatoms. The van der Waals surface area contributed by atoms with Gasteiger partial charge in [-0.25, -0.2) is 0 Å². The molecule has 0 spiro atoms. The molecule has 0 radical (unpaired) electrons. The van der Waals surface area contributed by atoms with E-state index < -0.39 is 29.2 Å². The van der Waals surface area contributed by atoms with Crippen molar-refractivity contribution in [3.05, 3.63) is 0 Å². The van der Waals surface area contributed by atoms with Crippen LogP contribution in [0.4, 0.5) is 0 Å². The topological polar surface area (TPSA) is 80.7 Å². The molecule has 1 saturated carbocycles. The average Bonchev–Trinajstić information content (AvgIpc) is 2.54. The fourth-order valence-corrected chi connectivity index (χ4v) is 2.17. The van der Waals surface area contributed by atoms with Crippen molar-refractivity contribution in [3.8, 4) is 0 Å². The lowest BCUT2D eigenvalue weighted by Crippen LogP contribution is -2.38. The Balaban J connectivity index is 2.48. The van der Waals surface area contributed by atoms with Gasteiger partial charge < -0.3 is 9.84 Å². The molecule has 1 aliphatic heterocycles. The van der Waals surface area contributed by atoms with E-state index in [1.807, 2.05) is 0 Å².